The van der Waals surface area contributed by atoms with E-state index < -0.39 is 0 Å². The molecule has 0 aliphatic carbocycles. The molecule has 0 unspecified atom stereocenters. The van der Waals surface area contributed by atoms with Crippen LogP contribution in [0.3, 0.4) is 0 Å². The Morgan fingerprint density at radius 3 is 2.80 bits per heavy atom. The van der Waals surface area contributed by atoms with Crippen molar-refractivity contribution in [3.8, 4) is 5.75 Å². The largest absolute Gasteiger partial charge is 0.493 e. The molecule has 0 spiro atoms. The normalized spacial score (nSPS) is 10.3. The van der Waals surface area contributed by atoms with E-state index >= 15 is 0 Å². The van der Waals surface area contributed by atoms with Crippen molar-refractivity contribution in [2.75, 3.05) is 11.9 Å². The summed E-state index contributed by atoms with van der Waals surface area (Å²) in [5.74, 6) is 0.619. The molecule has 0 aliphatic rings. The second-order valence-corrected chi connectivity index (χ2v) is 4.14. The first kappa shape index (κ1) is 12.5. The molecule has 15 heavy (non-hydrogen) atoms. The second-order valence-electron chi connectivity index (χ2n) is 3.35. The summed E-state index contributed by atoms with van der Waals surface area (Å²) in [5, 5.41) is 1.00. The highest BCUT2D eigenvalue weighted by atomic mass is 79.9. The molecule has 0 atom stereocenters. The molecule has 0 fully saturated rings. The molecule has 0 N–H and O–H groups in total. The fourth-order valence-electron chi connectivity index (χ4n) is 1.34. The standard InChI is InChI=1S/C12H16BrFO/c1-2-10-9-11(14)5-6-12(10)15-8-4-3-7-13/h5-6,9H,2-4,7-8H2,1H3. The predicted molar refractivity (Wildman–Crippen MR) is 64.3 cm³/mol. The zero-order valence-corrected chi connectivity index (χ0v) is 10.5. The third-order valence-electron chi connectivity index (χ3n) is 2.19. The highest BCUT2D eigenvalue weighted by Crippen LogP contribution is 2.20. The summed E-state index contributed by atoms with van der Waals surface area (Å²) in [5.41, 5.74) is 0.939. The predicted octanol–water partition coefficient (Wildman–Crippen LogP) is 3.94. The Kier molecular flexibility index (Phi) is 5.69. The Balaban J connectivity index is 2.52. The fourth-order valence-corrected chi connectivity index (χ4v) is 1.74. The van der Waals surface area contributed by atoms with Gasteiger partial charge in [-0.15, -0.1) is 0 Å². The number of ether oxygens (including phenoxy) is 1. The minimum Gasteiger partial charge on any atom is -0.493 e. The van der Waals surface area contributed by atoms with Crippen LogP contribution in [-0.4, -0.2) is 11.9 Å². The van der Waals surface area contributed by atoms with Crippen molar-refractivity contribution >= 4 is 15.9 Å². The van der Waals surface area contributed by atoms with Crippen LogP contribution in [0, 0.1) is 5.82 Å². The molecular weight excluding hydrogens is 259 g/mol. The molecule has 0 bridgehead atoms. The fraction of sp³-hybridized carbons (Fsp3) is 0.500. The first-order valence-electron chi connectivity index (χ1n) is 5.25. The summed E-state index contributed by atoms with van der Waals surface area (Å²) in [7, 11) is 0. The lowest BCUT2D eigenvalue weighted by atomic mass is 10.1. The number of benzene rings is 1. The summed E-state index contributed by atoms with van der Waals surface area (Å²) in [6, 6.07) is 4.70. The van der Waals surface area contributed by atoms with E-state index in [0.29, 0.717) is 6.61 Å². The topological polar surface area (TPSA) is 9.23 Å². The average Bonchev–Trinajstić information content (AvgIpc) is 2.26. The van der Waals surface area contributed by atoms with E-state index in [9.17, 15) is 4.39 Å². The number of hydrogen-bond donors (Lipinski definition) is 0. The Labute approximate surface area is 98.8 Å². The van der Waals surface area contributed by atoms with Gasteiger partial charge in [-0.3, -0.25) is 0 Å². The van der Waals surface area contributed by atoms with Gasteiger partial charge in [-0.25, -0.2) is 4.39 Å². The molecule has 0 aliphatic heterocycles. The van der Waals surface area contributed by atoms with Gasteiger partial charge in [0, 0.05) is 5.33 Å². The van der Waals surface area contributed by atoms with Gasteiger partial charge in [-0.1, -0.05) is 22.9 Å². The van der Waals surface area contributed by atoms with E-state index in [1.807, 2.05) is 6.92 Å². The summed E-state index contributed by atoms with van der Waals surface area (Å²) >= 11 is 3.37. The Morgan fingerprint density at radius 2 is 2.13 bits per heavy atom. The SMILES string of the molecule is CCc1cc(F)ccc1OCCCCBr. The molecule has 0 saturated carbocycles. The van der Waals surface area contributed by atoms with Crippen molar-refractivity contribution in [1.82, 2.24) is 0 Å². The molecule has 1 aromatic rings. The number of rotatable bonds is 6. The van der Waals surface area contributed by atoms with Crippen molar-refractivity contribution in [1.29, 1.82) is 0 Å². The number of aryl methyl sites for hydroxylation is 1. The Morgan fingerprint density at radius 1 is 1.33 bits per heavy atom. The average molecular weight is 275 g/mol. The lowest BCUT2D eigenvalue weighted by Gasteiger charge is -2.09. The van der Waals surface area contributed by atoms with Gasteiger partial charge >= 0.3 is 0 Å². The maximum Gasteiger partial charge on any atom is 0.123 e. The highest BCUT2D eigenvalue weighted by Gasteiger charge is 2.03. The lowest BCUT2D eigenvalue weighted by molar-refractivity contribution is 0.306. The summed E-state index contributed by atoms with van der Waals surface area (Å²) in [6.07, 6.45) is 2.92. The molecule has 84 valence electrons. The minimum absolute atomic E-state index is 0.195. The van der Waals surface area contributed by atoms with E-state index in [4.69, 9.17) is 4.74 Å². The van der Waals surface area contributed by atoms with Gasteiger partial charge in [0.05, 0.1) is 6.61 Å². The van der Waals surface area contributed by atoms with Crippen molar-refractivity contribution < 1.29 is 9.13 Å². The molecule has 1 nitrogen and oxygen atoms in total. The highest BCUT2D eigenvalue weighted by molar-refractivity contribution is 9.09. The third kappa shape index (κ3) is 4.20. The monoisotopic (exact) mass is 274 g/mol. The number of unbranched alkanes of at least 4 members (excludes halogenated alkanes) is 1. The van der Waals surface area contributed by atoms with Gasteiger partial charge in [-0.05, 0) is 43.0 Å². The smallest absolute Gasteiger partial charge is 0.123 e. The molecular formula is C12H16BrFO. The summed E-state index contributed by atoms with van der Waals surface area (Å²) < 4.78 is 18.5. The van der Waals surface area contributed by atoms with Crippen LogP contribution in [0.2, 0.25) is 0 Å². The van der Waals surface area contributed by atoms with Crippen LogP contribution in [0.5, 0.6) is 5.75 Å². The first-order chi connectivity index (χ1) is 7.27. The van der Waals surface area contributed by atoms with Gasteiger partial charge in [0.2, 0.25) is 0 Å². The minimum atomic E-state index is -0.195. The van der Waals surface area contributed by atoms with E-state index in [-0.39, 0.29) is 5.82 Å². The quantitative estimate of drug-likeness (QED) is 0.564. The maximum absolute atomic E-state index is 12.9. The zero-order valence-electron chi connectivity index (χ0n) is 8.93. The maximum atomic E-state index is 12.9. The van der Waals surface area contributed by atoms with E-state index in [1.54, 1.807) is 12.1 Å². The third-order valence-corrected chi connectivity index (χ3v) is 2.75. The van der Waals surface area contributed by atoms with Gasteiger partial charge < -0.3 is 4.74 Å². The van der Waals surface area contributed by atoms with Crippen LogP contribution < -0.4 is 4.74 Å². The van der Waals surface area contributed by atoms with Crippen LogP contribution in [0.25, 0.3) is 0 Å². The van der Waals surface area contributed by atoms with Gasteiger partial charge in [0.25, 0.3) is 0 Å². The van der Waals surface area contributed by atoms with E-state index in [1.165, 1.54) is 6.07 Å². The van der Waals surface area contributed by atoms with Crippen LogP contribution in [0.4, 0.5) is 4.39 Å². The second kappa shape index (κ2) is 6.83. The van der Waals surface area contributed by atoms with E-state index in [2.05, 4.69) is 15.9 Å². The summed E-state index contributed by atoms with van der Waals surface area (Å²) in [6.45, 7) is 2.70. The molecule has 0 heterocycles. The molecule has 3 heteroatoms. The number of hydrogen-bond acceptors (Lipinski definition) is 1. The Hall–Kier alpha value is -0.570. The van der Waals surface area contributed by atoms with Crippen molar-refractivity contribution in [3.63, 3.8) is 0 Å². The van der Waals surface area contributed by atoms with Crippen molar-refractivity contribution in [3.05, 3.63) is 29.6 Å². The van der Waals surface area contributed by atoms with E-state index in [0.717, 1.165) is 35.9 Å². The zero-order chi connectivity index (χ0) is 11.1. The van der Waals surface area contributed by atoms with Gasteiger partial charge in [-0.2, -0.15) is 0 Å². The van der Waals surface area contributed by atoms with Gasteiger partial charge in [0.15, 0.2) is 0 Å². The van der Waals surface area contributed by atoms with Crippen LogP contribution in [-0.2, 0) is 6.42 Å². The number of alkyl halides is 1. The first-order valence-corrected chi connectivity index (χ1v) is 6.37. The van der Waals surface area contributed by atoms with Crippen molar-refractivity contribution in [2.45, 2.75) is 26.2 Å². The molecule has 1 aromatic carbocycles. The lowest BCUT2D eigenvalue weighted by Crippen LogP contribution is -2.00. The molecule has 0 aromatic heterocycles. The Bertz CT molecular complexity index is 302. The van der Waals surface area contributed by atoms with Crippen LogP contribution in [0.15, 0.2) is 18.2 Å². The van der Waals surface area contributed by atoms with Crippen LogP contribution in [0.1, 0.15) is 25.3 Å². The molecule has 0 saturated heterocycles. The number of halogens is 2. The van der Waals surface area contributed by atoms with Crippen LogP contribution >= 0.6 is 15.9 Å². The summed E-state index contributed by atoms with van der Waals surface area (Å²) in [4.78, 5) is 0. The van der Waals surface area contributed by atoms with Crippen molar-refractivity contribution in [2.24, 2.45) is 0 Å². The van der Waals surface area contributed by atoms with Gasteiger partial charge in [0.1, 0.15) is 11.6 Å². The molecule has 0 radical (unpaired) electrons. The molecule has 1 rings (SSSR count). The molecule has 0 amide bonds.